The van der Waals surface area contributed by atoms with E-state index in [2.05, 4.69) is 0 Å². The van der Waals surface area contributed by atoms with Crippen molar-refractivity contribution in [2.75, 3.05) is 0 Å². The van der Waals surface area contributed by atoms with Crippen LogP contribution in [0.15, 0.2) is 60.7 Å². The minimum absolute atomic E-state index is 0.323. The fourth-order valence-electron chi connectivity index (χ4n) is 3.01. The highest BCUT2D eigenvalue weighted by molar-refractivity contribution is 5.86. The summed E-state index contributed by atoms with van der Waals surface area (Å²) in [6, 6.07) is 19.7. The predicted octanol–water partition coefficient (Wildman–Crippen LogP) is 4.53. The van der Waals surface area contributed by atoms with Gasteiger partial charge in [0.15, 0.2) is 6.10 Å². The van der Waals surface area contributed by atoms with Gasteiger partial charge in [-0.2, -0.15) is 0 Å². The number of rotatable bonds is 5. The van der Waals surface area contributed by atoms with Crippen LogP contribution in [0.5, 0.6) is 5.75 Å². The number of benzene rings is 3. The van der Waals surface area contributed by atoms with Gasteiger partial charge in [0, 0.05) is 6.42 Å². The van der Waals surface area contributed by atoms with E-state index in [1.54, 1.807) is 0 Å². The highest BCUT2D eigenvalue weighted by Gasteiger charge is 2.21. The van der Waals surface area contributed by atoms with Crippen molar-refractivity contribution in [1.82, 2.24) is 0 Å². The Balaban J connectivity index is 1.90. The monoisotopic (exact) mass is 320 g/mol. The van der Waals surface area contributed by atoms with E-state index in [0.29, 0.717) is 12.2 Å². The van der Waals surface area contributed by atoms with Crippen molar-refractivity contribution >= 4 is 16.7 Å². The molecule has 3 nitrogen and oxygen atoms in total. The van der Waals surface area contributed by atoms with Gasteiger partial charge in [0.2, 0.25) is 0 Å². The number of aliphatic carboxylic acids is 1. The first-order valence-electron chi connectivity index (χ1n) is 7.97. The van der Waals surface area contributed by atoms with Crippen LogP contribution in [0.1, 0.15) is 16.7 Å². The van der Waals surface area contributed by atoms with E-state index < -0.39 is 12.1 Å². The summed E-state index contributed by atoms with van der Waals surface area (Å²) >= 11 is 0. The van der Waals surface area contributed by atoms with E-state index in [0.717, 1.165) is 27.5 Å². The van der Waals surface area contributed by atoms with Crippen molar-refractivity contribution in [3.63, 3.8) is 0 Å². The molecule has 0 radical (unpaired) electrons. The second-order valence-electron chi connectivity index (χ2n) is 6.11. The van der Waals surface area contributed by atoms with Gasteiger partial charge in [-0.25, -0.2) is 4.79 Å². The van der Waals surface area contributed by atoms with Gasteiger partial charge in [0.25, 0.3) is 0 Å². The summed E-state index contributed by atoms with van der Waals surface area (Å²) in [6.07, 6.45) is -0.596. The zero-order valence-corrected chi connectivity index (χ0v) is 13.8. The largest absolute Gasteiger partial charge is 0.478 e. The van der Waals surface area contributed by atoms with E-state index >= 15 is 0 Å². The van der Waals surface area contributed by atoms with Crippen LogP contribution in [0, 0.1) is 13.8 Å². The van der Waals surface area contributed by atoms with Crippen LogP contribution in [0.4, 0.5) is 0 Å². The quantitative estimate of drug-likeness (QED) is 0.751. The molecule has 0 saturated carbocycles. The summed E-state index contributed by atoms with van der Waals surface area (Å²) in [4.78, 5) is 11.7. The lowest BCUT2D eigenvalue weighted by Gasteiger charge is -2.17. The number of hydrogen-bond acceptors (Lipinski definition) is 2. The van der Waals surface area contributed by atoms with Crippen molar-refractivity contribution in [3.8, 4) is 5.75 Å². The Labute approximate surface area is 141 Å². The van der Waals surface area contributed by atoms with Crippen LogP contribution in [0.3, 0.4) is 0 Å². The number of hydrogen-bond donors (Lipinski definition) is 1. The number of ether oxygens (including phenoxy) is 1. The van der Waals surface area contributed by atoms with Gasteiger partial charge >= 0.3 is 5.97 Å². The summed E-state index contributed by atoms with van der Waals surface area (Å²) in [5.74, 6) is -0.359. The third kappa shape index (κ3) is 3.57. The van der Waals surface area contributed by atoms with Crippen LogP contribution in [-0.4, -0.2) is 17.2 Å². The molecular weight excluding hydrogens is 300 g/mol. The molecule has 0 unspecified atom stereocenters. The van der Waals surface area contributed by atoms with E-state index in [1.165, 1.54) is 0 Å². The number of carbonyl (C=O) groups is 1. The maximum absolute atomic E-state index is 11.7. The molecule has 3 heteroatoms. The number of fused-ring (bicyclic) bond motifs is 1. The Morgan fingerprint density at radius 1 is 1.00 bits per heavy atom. The van der Waals surface area contributed by atoms with Gasteiger partial charge in [-0.05, 0) is 53.4 Å². The summed E-state index contributed by atoms with van der Waals surface area (Å²) in [5, 5.41) is 11.7. The lowest BCUT2D eigenvalue weighted by Crippen LogP contribution is -2.29. The minimum Gasteiger partial charge on any atom is -0.478 e. The maximum Gasteiger partial charge on any atom is 0.345 e. The zero-order chi connectivity index (χ0) is 17.1. The molecule has 0 heterocycles. The fraction of sp³-hybridized carbons (Fsp3) is 0.190. The molecule has 122 valence electrons. The molecule has 0 spiro atoms. The van der Waals surface area contributed by atoms with Crippen molar-refractivity contribution in [2.24, 2.45) is 0 Å². The van der Waals surface area contributed by atoms with E-state index in [-0.39, 0.29) is 0 Å². The molecule has 24 heavy (non-hydrogen) atoms. The highest BCUT2D eigenvalue weighted by Crippen LogP contribution is 2.23. The van der Waals surface area contributed by atoms with Crippen molar-refractivity contribution in [2.45, 2.75) is 26.4 Å². The summed E-state index contributed by atoms with van der Waals surface area (Å²) in [7, 11) is 0. The Bertz CT molecular complexity index is 858. The molecule has 0 aliphatic rings. The van der Waals surface area contributed by atoms with Crippen LogP contribution in [0.25, 0.3) is 10.8 Å². The first-order chi connectivity index (χ1) is 11.5. The van der Waals surface area contributed by atoms with Gasteiger partial charge in [0.1, 0.15) is 5.75 Å². The van der Waals surface area contributed by atoms with Crippen molar-refractivity contribution < 1.29 is 14.6 Å². The number of carboxylic acid groups (broad SMARTS) is 1. The molecule has 3 aromatic carbocycles. The van der Waals surface area contributed by atoms with Crippen LogP contribution in [-0.2, 0) is 11.2 Å². The Hall–Kier alpha value is -2.81. The summed E-state index contributed by atoms with van der Waals surface area (Å²) in [6.45, 7) is 3.95. The molecule has 1 atom stereocenters. The Morgan fingerprint density at radius 3 is 2.38 bits per heavy atom. The zero-order valence-electron chi connectivity index (χ0n) is 13.8. The fourth-order valence-corrected chi connectivity index (χ4v) is 3.01. The first-order valence-corrected chi connectivity index (χ1v) is 7.97. The SMILES string of the molecule is Cc1cc(C)cc(O[C@@H](Cc2cccc3ccccc23)C(=O)O)c1. The predicted molar refractivity (Wildman–Crippen MR) is 95.6 cm³/mol. The molecule has 0 saturated heterocycles. The second kappa shape index (κ2) is 6.75. The Morgan fingerprint density at radius 2 is 1.67 bits per heavy atom. The molecule has 3 rings (SSSR count). The van der Waals surface area contributed by atoms with Crippen LogP contribution < -0.4 is 4.74 Å². The Kier molecular flexibility index (Phi) is 4.52. The van der Waals surface area contributed by atoms with Crippen molar-refractivity contribution in [1.29, 1.82) is 0 Å². The molecule has 0 aromatic heterocycles. The normalized spacial score (nSPS) is 12.1. The number of aryl methyl sites for hydroxylation is 2. The smallest absolute Gasteiger partial charge is 0.345 e. The topological polar surface area (TPSA) is 46.5 Å². The summed E-state index contributed by atoms with van der Waals surface area (Å²) < 4.78 is 5.79. The summed E-state index contributed by atoms with van der Waals surface area (Å²) in [5.41, 5.74) is 3.09. The van der Waals surface area contributed by atoms with Gasteiger partial charge in [-0.3, -0.25) is 0 Å². The average Bonchev–Trinajstić information content (AvgIpc) is 2.53. The molecule has 0 aliphatic carbocycles. The van der Waals surface area contributed by atoms with Crippen LogP contribution in [0.2, 0.25) is 0 Å². The van der Waals surface area contributed by atoms with E-state index in [1.807, 2.05) is 74.5 Å². The third-order valence-corrected chi connectivity index (χ3v) is 4.03. The molecule has 0 amide bonds. The standard InChI is InChI=1S/C21H20O3/c1-14-10-15(2)12-18(11-14)24-20(21(22)23)13-17-8-5-7-16-6-3-4-9-19(16)17/h3-12,20H,13H2,1-2H3,(H,22,23)/t20-/m0/s1. The third-order valence-electron chi connectivity index (χ3n) is 4.03. The number of carboxylic acids is 1. The highest BCUT2D eigenvalue weighted by atomic mass is 16.5. The molecule has 1 N–H and O–H groups in total. The molecule has 0 fully saturated rings. The molecule has 3 aromatic rings. The van der Waals surface area contributed by atoms with Crippen molar-refractivity contribution in [3.05, 3.63) is 77.4 Å². The first kappa shape index (κ1) is 16.1. The molecular formula is C21H20O3. The van der Waals surface area contributed by atoms with E-state index in [9.17, 15) is 9.90 Å². The van der Waals surface area contributed by atoms with Gasteiger partial charge in [-0.1, -0.05) is 48.5 Å². The lowest BCUT2D eigenvalue weighted by molar-refractivity contribution is -0.145. The molecule has 0 bridgehead atoms. The second-order valence-corrected chi connectivity index (χ2v) is 6.11. The van der Waals surface area contributed by atoms with Gasteiger partial charge in [0.05, 0.1) is 0 Å². The van der Waals surface area contributed by atoms with Gasteiger partial charge in [-0.15, -0.1) is 0 Å². The van der Waals surface area contributed by atoms with Crippen LogP contribution >= 0.6 is 0 Å². The lowest BCUT2D eigenvalue weighted by atomic mass is 10.00. The van der Waals surface area contributed by atoms with E-state index in [4.69, 9.17) is 4.74 Å². The minimum atomic E-state index is -0.956. The molecule has 0 aliphatic heterocycles. The van der Waals surface area contributed by atoms with Gasteiger partial charge < -0.3 is 9.84 Å². The average molecular weight is 320 g/mol. The maximum atomic E-state index is 11.7.